The lowest BCUT2D eigenvalue weighted by molar-refractivity contribution is -0.108. The molecule has 0 saturated heterocycles. The maximum absolute atomic E-state index is 10.1. The van der Waals surface area contributed by atoms with E-state index in [-0.39, 0.29) is 6.10 Å². The van der Waals surface area contributed by atoms with E-state index in [1.54, 1.807) is 13.4 Å². The molecule has 2 aliphatic rings. The van der Waals surface area contributed by atoms with E-state index >= 15 is 0 Å². The first kappa shape index (κ1) is 9.03. The lowest BCUT2D eigenvalue weighted by atomic mass is 9.71. The van der Waals surface area contributed by atoms with Crippen molar-refractivity contribution in [3.05, 3.63) is 11.8 Å². The second kappa shape index (κ2) is 3.31. The molecule has 0 atom stereocenters. The summed E-state index contributed by atoms with van der Waals surface area (Å²) in [6, 6.07) is 0. The summed E-state index contributed by atoms with van der Waals surface area (Å²) in [6.45, 7) is 0.785. The molecule has 0 aromatic heterocycles. The first-order valence-electron chi connectivity index (χ1n) is 4.81. The van der Waals surface area contributed by atoms with Crippen molar-refractivity contribution >= 4 is 0 Å². The van der Waals surface area contributed by atoms with E-state index < -0.39 is 5.60 Å². The molecular weight excluding hydrogens is 168 g/mol. The van der Waals surface area contributed by atoms with Crippen LogP contribution in [0.5, 0.6) is 0 Å². The van der Waals surface area contributed by atoms with Gasteiger partial charge < -0.3 is 14.6 Å². The SMILES string of the molecule is COC1CC(O)(C2=COCCC2)C1. The van der Waals surface area contributed by atoms with Gasteiger partial charge in [0, 0.05) is 20.0 Å². The highest BCUT2D eigenvalue weighted by molar-refractivity contribution is 5.21. The van der Waals surface area contributed by atoms with Gasteiger partial charge in [-0.1, -0.05) is 0 Å². The molecule has 0 unspecified atom stereocenters. The first-order chi connectivity index (χ1) is 6.24. The average molecular weight is 184 g/mol. The smallest absolute Gasteiger partial charge is 0.0938 e. The van der Waals surface area contributed by atoms with Crippen LogP contribution in [0.3, 0.4) is 0 Å². The van der Waals surface area contributed by atoms with Crippen molar-refractivity contribution in [3.8, 4) is 0 Å². The minimum absolute atomic E-state index is 0.229. The van der Waals surface area contributed by atoms with Crippen molar-refractivity contribution in [2.45, 2.75) is 37.4 Å². The van der Waals surface area contributed by atoms with Gasteiger partial charge in [-0.3, -0.25) is 0 Å². The third-order valence-corrected chi connectivity index (χ3v) is 3.00. The summed E-state index contributed by atoms with van der Waals surface area (Å²) < 4.78 is 10.4. The summed E-state index contributed by atoms with van der Waals surface area (Å²) in [5.74, 6) is 0. The monoisotopic (exact) mass is 184 g/mol. The van der Waals surface area contributed by atoms with E-state index in [4.69, 9.17) is 9.47 Å². The summed E-state index contributed by atoms with van der Waals surface area (Å²) in [6.07, 6.45) is 5.39. The fourth-order valence-electron chi connectivity index (χ4n) is 2.03. The fourth-order valence-corrected chi connectivity index (χ4v) is 2.03. The van der Waals surface area contributed by atoms with Crippen LogP contribution < -0.4 is 0 Å². The summed E-state index contributed by atoms with van der Waals surface area (Å²) >= 11 is 0. The summed E-state index contributed by atoms with van der Waals surface area (Å²) in [5.41, 5.74) is 0.424. The van der Waals surface area contributed by atoms with Crippen molar-refractivity contribution in [2.24, 2.45) is 0 Å². The number of aliphatic hydroxyl groups is 1. The number of hydrogen-bond donors (Lipinski definition) is 1. The van der Waals surface area contributed by atoms with Crippen LogP contribution in [-0.2, 0) is 9.47 Å². The molecule has 0 aromatic carbocycles. The third kappa shape index (κ3) is 1.58. The van der Waals surface area contributed by atoms with Crippen molar-refractivity contribution < 1.29 is 14.6 Å². The Morgan fingerprint density at radius 1 is 1.62 bits per heavy atom. The predicted molar refractivity (Wildman–Crippen MR) is 48.2 cm³/mol. The Morgan fingerprint density at radius 3 is 2.92 bits per heavy atom. The van der Waals surface area contributed by atoms with E-state index in [0.717, 1.165) is 37.9 Å². The normalized spacial score (nSPS) is 38.9. The van der Waals surface area contributed by atoms with Gasteiger partial charge in [0.25, 0.3) is 0 Å². The van der Waals surface area contributed by atoms with Crippen LogP contribution in [0.2, 0.25) is 0 Å². The molecule has 1 aliphatic carbocycles. The minimum Gasteiger partial charge on any atom is -0.501 e. The fraction of sp³-hybridized carbons (Fsp3) is 0.800. The van der Waals surface area contributed by atoms with Crippen molar-refractivity contribution in [2.75, 3.05) is 13.7 Å². The van der Waals surface area contributed by atoms with Gasteiger partial charge in [0.2, 0.25) is 0 Å². The molecule has 0 radical (unpaired) electrons. The maximum atomic E-state index is 10.1. The van der Waals surface area contributed by atoms with Crippen molar-refractivity contribution in [3.63, 3.8) is 0 Å². The standard InChI is InChI=1S/C10H16O3/c1-12-9-5-10(11,6-9)8-3-2-4-13-7-8/h7,9,11H,2-6H2,1H3. The highest BCUT2D eigenvalue weighted by atomic mass is 16.5. The van der Waals surface area contributed by atoms with Gasteiger partial charge >= 0.3 is 0 Å². The zero-order valence-electron chi connectivity index (χ0n) is 7.95. The minimum atomic E-state index is -0.624. The van der Waals surface area contributed by atoms with Gasteiger partial charge in [0.15, 0.2) is 0 Å². The molecule has 1 aliphatic heterocycles. The molecule has 0 spiro atoms. The molecule has 0 aromatic rings. The van der Waals surface area contributed by atoms with E-state index in [2.05, 4.69) is 0 Å². The van der Waals surface area contributed by atoms with Crippen LogP contribution in [0.25, 0.3) is 0 Å². The molecule has 3 heteroatoms. The molecule has 3 nitrogen and oxygen atoms in total. The Hall–Kier alpha value is -0.540. The quantitative estimate of drug-likeness (QED) is 0.701. The van der Waals surface area contributed by atoms with Crippen LogP contribution in [0.1, 0.15) is 25.7 Å². The zero-order valence-corrected chi connectivity index (χ0v) is 7.95. The van der Waals surface area contributed by atoms with E-state index in [0.29, 0.717) is 0 Å². The third-order valence-electron chi connectivity index (χ3n) is 3.00. The molecule has 1 fully saturated rings. The van der Waals surface area contributed by atoms with Gasteiger partial charge in [-0.15, -0.1) is 0 Å². The molecule has 1 N–H and O–H groups in total. The molecule has 1 heterocycles. The summed E-state index contributed by atoms with van der Waals surface area (Å²) in [5, 5.41) is 10.1. The van der Waals surface area contributed by atoms with Gasteiger partial charge in [-0.2, -0.15) is 0 Å². The van der Waals surface area contributed by atoms with E-state index in [1.165, 1.54) is 0 Å². The Morgan fingerprint density at radius 2 is 2.38 bits per heavy atom. The first-order valence-corrected chi connectivity index (χ1v) is 4.81. The molecule has 74 valence electrons. The van der Waals surface area contributed by atoms with Crippen LogP contribution in [0.4, 0.5) is 0 Å². The Kier molecular flexibility index (Phi) is 2.30. The number of rotatable bonds is 2. The molecule has 13 heavy (non-hydrogen) atoms. The topological polar surface area (TPSA) is 38.7 Å². The number of ether oxygens (including phenoxy) is 2. The largest absolute Gasteiger partial charge is 0.501 e. The van der Waals surface area contributed by atoms with Gasteiger partial charge in [0.05, 0.1) is 24.6 Å². The average Bonchev–Trinajstić information content (AvgIpc) is 2.14. The van der Waals surface area contributed by atoms with Gasteiger partial charge in [0.1, 0.15) is 0 Å². The lowest BCUT2D eigenvalue weighted by Crippen LogP contribution is -2.49. The van der Waals surface area contributed by atoms with Crippen molar-refractivity contribution in [1.29, 1.82) is 0 Å². The highest BCUT2D eigenvalue weighted by Gasteiger charge is 2.46. The summed E-state index contributed by atoms with van der Waals surface area (Å²) in [4.78, 5) is 0. The predicted octanol–water partition coefficient (Wildman–Crippen LogP) is 1.22. The Labute approximate surface area is 78.3 Å². The Bertz CT molecular complexity index is 216. The van der Waals surface area contributed by atoms with Crippen molar-refractivity contribution in [1.82, 2.24) is 0 Å². The second-order valence-electron chi connectivity index (χ2n) is 3.91. The number of hydrogen-bond acceptors (Lipinski definition) is 3. The molecular formula is C10H16O3. The van der Waals surface area contributed by atoms with Gasteiger partial charge in [-0.25, -0.2) is 0 Å². The van der Waals surface area contributed by atoms with E-state index in [1.807, 2.05) is 0 Å². The van der Waals surface area contributed by atoms with Crippen LogP contribution in [0.15, 0.2) is 11.8 Å². The molecule has 2 rings (SSSR count). The second-order valence-corrected chi connectivity index (χ2v) is 3.91. The van der Waals surface area contributed by atoms with Crippen LogP contribution >= 0.6 is 0 Å². The van der Waals surface area contributed by atoms with Crippen LogP contribution in [-0.4, -0.2) is 30.5 Å². The highest BCUT2D eigenvalue weighted by Crippen LogP contribution is 2.42. The Balaban J connectivity index is 1.97. The maximum Gasteiger partial charge on any atom is 0.0938 e. The lowest BCUT2D eigenvalue weighted by Gasteiger charge is -2.44. The summed E-state index contributed by atoms with van der Waals surface area (Å²) in [7, 11) is 1.69. The molecule has 0 bridgehead atoms. The number of methoxy groups -OCH3 is 1. The molecule has 0 amide bonds. The molecule has 1 saturated carbocycles. The van der Waals surface area contributed by atoms with E-state index in [9.17, 15) is 5.11 Å². The van der Waals surface area contributed by atoms with Crippen LogP contribution in [0, 0.1) is 0 Å². The van der Waals surface area contributed by atoms with Gasteiger partial charge in [-0.05, 0) is 18.4 Å². The zero-order chi connectivity index (χ0) is 9.31.